The predicted molar refractivity (Wildman–Crippen MR) is 91.4 cm³/mol. The van der Waals surface area contributed by atoms with E-state index in [0.717, 1.165) is 25.9 Å². The lowest BCUT2D eigenvalue weighted by Crippen LogP contribution is -2.69. The van der Waals surface area contributed by atoms with Gasteiger partial charge in [0.05, 0.1) is 6.10 Å². The summed E-state index contributed by atoms with van der Waals surface area (Å²) in [6.45, 7) is 14.0. The molecular formula is C18H33N3O2. The van der Waals surface area contributed by atoms with E-state index in [0.29, 0.717) is 12.0 Å². The fourth-order valence-electron chi connectivity index (χ4n) is 5.41. The normalized spacial score (nSPS) is 37.6. The summed E-state index contributed by atoms with van der Waals surface area (Å²) in [6.07, 6.45) is 3.27. The van der Waals surface area contributed by atoms with Gasteiger partial charge in [-0.25, -0.2) is 4.79 Å². The third kappa shape index (κ3) is 3.22. The Kier molecular flexibility index (Phi) is 3.96. The molecule has 3 atom stereocenters. The van der Waals surface area contributed by atoms with Crippen molar-refractivity contribution in [1.29, 1.82) is 0 Å². The van der Waals surface area contributed by atoms with E-state index in [1.807, 2.05) is 0 Å². The van der Waals surface area contributed by atoms with Crippen molar-refractivity contribution in [3.63, 3.8) is 0 Å². The molecule has 1 aliphatic carbocycles. The average molecular weight is 323 g/mol. The maximum Gasteiger partial charge on any atom is 0.315 e. The first-order chi connectivity index (χ1) is 10.5. The fourth-order valence-corrected chi connectivity index (χ4v) is 5.41. The Balaban J connectivity index is 1.57. The number of carbonyl (C=O) groups is 1. The van der Waals surface area contributed by atoms with E-state index in [9.17, 15) is 4.79 Å². The van der Waals surface area contributed by atoms with E-state index in [2.05, 4.69) is 57.5 Å². The molecule has 0 aromatic heterocycles. The predicted octanol–water partition coefficient (Wildman–Crippen LogP) is 2.41. The summed E-state index contributed by atoms with van der Waals surface area (Å²) in [5.41, 5.74) is 0.116. The molecule has 3 fully saturated rings. The van der Waals surface area contributed by atoms with E-state index in [4.69, 9.17) is 4.74 Å². The number of amides is 2. The molecule has 0 bridgehead atoms. The first-order valence-electron chi connectivity index (χ1n) is 8.98. The van der Waals surface area contributed by atoms with E-state index in [1.165, 1.54) is 0 Å². The van der Waals surface area contributed by atoms with Crippen molar-refractivity contribution in [2.45, 2.75) is 90.1 Å². The van der Waals surface area contributed by atoms with Gasteiger partial charge in [0, 0.05) is 41.1 Å². The van der Waals surface area contributed by atoms with Gasteiger partial charge in [-0.1, -0.05) is 13.8 Å². The zero-order valence-corrected chi connectivity index (χ0v) is 15.5. The highest BCUT2D eigenvalue weighted by atomic mass is 16.5. The summed E-state index contributed by atoms with van der Waals surface area (Å²) >= 11 is 0. The molecule has 5 nitrogen and oxygen atoms in total. The van der Waals surface area contributed by atoms with Gasteiger partial charge in [-0.3, -0.25) is 0 Å². The number of rotatable bonds is 2. The largest absolute Gasteiger partial charge is 0.377 e. The summed E-state index contributed by atoms with van der Waals surface area (Å²) in [4.78, 5) is 12.5. The van der Waals surface area contributed by atoms with Gasteiger partial charge >= 0.3 is 6.03 Å². The highest BCUT2D eigenvalue weighted by molar-refractivity contribution is 5.75. The molecule has 0 radical (unpaired) electrons. The van der Waals surface area contributed by atoms with Crippen molar-refractivity contribution < 1.29 is 9.53 Å². The fraction of sp³-hybridized carbons (Fsp3) is 0.944. The Bertz CT molecular complexity index is 471. The molecule has 3 N–H and O–H groups in total. The van der Waals surface area contributed by atoms with Gasteiger partial charge < -0.3 is 20.7 Å². The molecule has 132 valence electrons. The quantitative estimate of drug-likeness (QED) is 0.731. The van der Waals surface area contributed by atoms with Crippen molar-refractivity contribution in [2.24, 2.45) is 11.3 Å². The van der Waals surface area contributed by atoms with Crippen LogP contribution in [-0.2, 0) is 4.74 Å². The van der Waals surface area contributed by atoms with Crippen molar-refractivity contribution in [2.75, 3.05) is 6.61 Å². The topological polar surface area (TPSA) is 62.4 Å². The summed E-state index contributed by atoms with van der Waals surface area (Å²) in [5, 5.41) is 10.1. The molecule has 0 aromatic rings. The molecule has 0 spiro atoms. The molecule has 2 amide bonds. The number of hydrogen-bond acceptors (Lipinski definition) is 3. The van der Waals surface area contributed by atoms with Gasteiger partial charge in [0.1, 0.15) is 0 Å². The van der Waals surface area contributed by atoms with Crippen LogP contribution in [0.2, 0.25) is 0 Å². The first-order valence-corrected chi connectivity index (χ1v) is 8.98. The number of hydrogen-bond donors (Lipinski definition) is 3. The summed E-state index contributed by atoms with van der Waals surface area (Å²) in [5.74, 6) is 0.483. The Morgan fingerprint density at radius 3 is 2.26 bits per heavy atom. The number of piperidine rings is 1. The molecule has 0 aromatic carbocycles. The molecule has 2 aliphatic heterocycles. The highest BCUT2D eigenvalue weighted by Crippen LogP contribution is 2.52. The van der Waals surface area contributed by atoms with Crippen molar-refractivity contribution >= 4 is 6.03 Å². The second-order valence-corrected chi connectivity index (χ2v) is 9.66. The van der Waals surface area contributed by atoms with Crippen LogP contribution < -0.4 is 16.0 Å². The Morgan fingerprint density at radius 2 is 1.65 bits per heavy atom. The summed E-state index contributed by atoms with van der Waals surface area (Å²) in [6, 6.07) is 0.407. The third-order valence-corrected chi connectivity index (χ3v) is 5.91. The maximum absolute atomic E-state index is 12.5. The van der Waals surface area contributed by atoms with Crippen LogP contribution in [0.4, 0.5) is 4.79 Å². The second kappa shape index (κ2) is 5.35. The van der Waals surface area contributed by atoms with E-state index >= 15 is 0 Å². The van der Waals surface area contributed by atoms with Gasteiger partial charge in [0.15, 0.2) is 0 Å². The minimum atomic E-state index is -0.0214. The van der Waals surface area contributed by atoms with Crippen LogP contribution in [0.15, 0.2) is 0 Å². The SMILES string of the molecule is CC1(C)CC(NC(=O)NC2C3CCOC3C2(C)C)CC(C)(C)N1. The number of ether oxygens (including phenoxy) is 1. The van der Waals surface area contributed by atoms with Crippen LogP contribution in [0.25, 0.3) is 0 Å². The van der Waals surface area contributed by atoms with E-state index in [1.54, 1.807) is 0 Å². The zero-order valence-electron chi connectivity index (χ0n) is 15.5. The number of carbonyl (C=O) groups excluding carboxylic acids is 1. The molecule has 3 rings (SSSR count). The molecule has 3 unspecified atom stereocenters. The Hall–Kier alpha value is -0.810. The van der Waals surface area contributed by atoms with E-state index < -0.39 is 0 Å². The van der Waals surface area contributed by atoms with Gasteiger partial charge in [0.25, 0.3) is 0 Å². The molecule has 1 saturated carbocycles. The van der Waals surface area contributed by atoms with Crippen molar-refractivity contribution in [3.05, 3.63) is 0 Å². The van der Waals surface area contributed by atoms with Crippen LogP contribution in [0, 0.1) is 11.3 Å². The van der Waals surface area contributed by atoms with Crippen LogP contribution in [0.1, 0.15) is 60.8 Å². The summed E-state index contributed by atoms with van der Waals surface area (Å²) in [7, 11) is 0. The lowest BCUT2D eigenvalue weighted by atomic mass is 9.57. The number of urea groups is 1. The minimum absolute atomic E-state index is 0.0214. The zero-order chi connectivity index (χ0) is 17.0. The maximum atomic E-state index is 12.5. The van der Waals surface area contributed by atoms with Crippen molar-refractivity contribution in [1.82, 2.24) is 16.0 Å². The standard InChI is InChI=1S/C18H33N3O2/c1-16(2)9-11(10-17(3,4)21-16)19-15(22)20-13-12-7-8-23-14(12)18(13,5)6/h11-14,21H,7-10H2,1-6H3,(H2,19,20,22). The second-order valence-electron chi connectivity index (χ2n) is 9.66. The first kappa shape index (κ1) is 17.0. The van der Waals surface area contributed by atoms with Crippen LogP contribution >= 0.6 is 0 Å². The molecule has 23 heavy (non-hydrogen) atoms. The molecule has 5 heteroatoms. The van der Waals surface area contributed by atoms with Gasteiger partial charge in [-0.15, -0.1) is 0 Å². The van der Waals surface area contributed by atoms with E-state index in [-0.39, 0.29) is 34.6 Å². The minimum Gasteiger partial charge on any atom is -0.377 e. The third-order valence-electron chi connectivity index (χ3n) is 5.91. The van der Waals surface area contributed by atoms with Crippen LogP contribution in [0.5, 0.6) is 0 Å². The molecule has 3 aliphatic rings. The Morgan fingerprint density at radius 1 is 1.04 bits per heavy atom. The lowest BCUT2D eigenvalue weighted by molar-refractivity contribution is -0.108. The smallest absolute Gasteiger partial charge is 0.315 e. The molecular weight excluding hydrogens is 290 g/mol. The monoisotopic (exact) mass is 323 g/mol. The molecule has 2 heterocycles. The lowest BCUT2D eigenvalue weighted by Gasteiger charge is -2.54. The number of fused-ring (bicyclic) bond motifs is 1. The van der Waals surface area contributed by atoms with Gasteiger partial charge in [0.2, 0.25) is 0 Å². The van der Waals surface area contributed by atoms with Crippen LogP contribution in [0.3, 0.4) is 0 Å². The van der Waals surface area contributed by atoms with Gasteiger partial charge in [-0.05, 0) is 47.0 Å². The van der Waals surface area contributed by atoms with Crippen molar-refractivity contribution in [3.8, 4) is 0 Å². The molecule has 2 saturated heterocycles. The Labute approximate surface area is 140 Å². The van der Waals surface area contributed by atoms with Gasteiger partial charge in [-0.2, -0.15) is 0 Å². The van der Waals surface area contributed by atoms with Crippen LogP contribution in [-0.4, -0.2) is 41.9 Å². The number of nitrogens with one attached hydrogen (secondary N) is 3. The summed E-state index contributed by atoms with van der Waals surface area (Å²) < 4.78 is 5.80. The highest BCUT2D eigenvalue weighted by Gasteiger charge is 2.59. The average Bonchev–Trinajstić information content (AvgIpc) is 2.78.